The molecule has 0 aliphatic carbocycles. The average Bonchev–Trinajstić information content (AvgIpc) is 3.13. The van der Waals surface area contributed by atoms with Crippen molar-refractivity contribution in [2.24, 2.45) is 10.9 Å². The number of methoxy groups -OCH3 is 1. The van der Waals surface area contributed by atoms with Gasteiger partial charge in [-0.3, -0.25) is 34.4 Å². The molecule has 2 heterocycles. The number of ether oxygens (including phenoxy) is 2. The number of rotatable bonds is 7. The van der Waals surface area contributed by atoms with E-state index in [4.69, 9.17) is 21.1 Å². The molecule has 2 unspecified atom stereocenters. The van der Waals surface area contributed by atoms with Crippen LogP contribution in [0, 0.1) is 16.0 Å². The molecule has 4 rings (SSSR count). The molecule has 196 valence electrons. The van der Waals surface area contributed by atoms with E-state index in [1.54, 1.807) is 31.2 Å². The summed E-state index contributed by atoms with van der Waals surface area (Å²) in [7, 11) is 1.17. The fraction of sp³-hybridized carbons (Fsp3) is 0.269. The highest BCUT2D eigenvalue weighted by Crippen LogP contribution is 2.43. The van der Waals surface area contributed by atoms with E-state index in [0.29, 0.717) is 5.71 Å². The Bertz CT molecular complexity index is 1410. The number of nitro benzene ring substituents is 1. The van der Waals surface area contributed by atoms with Crippen LogP contribution < -0.4 is 0 Å². The molecular weight excluding hydrogens is 518 g/mol. The number of nitro groups is 1. The largest absolute Gasteiger partial charge is 0.468 e. The predicted octanol–water partition coefficient (Wildman–Crippen LogP) is 3.71. The number of aliphatic imine (C=N–C) groups is 1. The minimum atomic E-state index is -1.11. The SMILES string of the molecule is COC(=O)C1C(C)=NC(C)=C(C(=O)OCCN2C(=O)c3ccccc3C2=O)C1c1cc([N+](=O)[O-])ccc1Cl. The third kappa shape index (κ3) is 4.68. The Morgan fingerprint density at radius 3 is 2.32 bits per heavy atom. The third-order valence-electron chi connectivity index (χ3n) is 6.46. The van der Waals surface area contributed by atoms with Gasteiger partial charge in [-0.2, -0.15) is 0 Å². The number of carbonyl (C=O) groups is 4. The van der Waals surface area contributed by atoms with Gasteiger partial charge in [0.15, 0.2) is 0 Å². The van der Waals surface area contributed by atoms with E-state index < -0.39 is 40.5 Å². The van der Waals surface area contributed by atoms with Gasteiger partial charge in [0, 0.05) is 34.5 Å². The van der Waals surface area contributed by atoms with Crippen LogP contribution in [0.25, 0.3) is 0 Å². The van der Waals surface area contributed by atoms with Gasteiger partial charge in [0.1, 0.15) is 12.5 Å². The zero-order valence-corrected chi connectivity index (χ0v) is 21.4. The van der Waals surface area contributed by atoms with Gasteiger partial charge in [-0.1, -0.05) is 23.7 Å². The number of carbonyl (C=O) groups excluding carboxylic acids is 4. The maximum Gasteiger partial charge on any atom is 0.336 e. The Morgan fingerprint density at radius 2 is 1.74 bits per heavy atom. The minimum Gasteiger partial charge on any atom is -0.468 e. The number of benzene rings is 2. The number of esters is 2. The molecule has 2 aliphatic rings. The predicted molar refractivity (Wildman–Crippen MR) is 135 cm³/mol. The van der Waals surface area contributed by atoms with Gasteiger partial charge in [-0.25, -0.2) is 4.79 Å². The second-order valence-electron chi connectivity index (χ2n) is 8.64. The minimum absolute atomic E-state index is 0.0456. The van der Waals surface area contributed by atoms with E-state index in [9.17, 15) is 29.3 Å². The Morgan fingerprint density at radius 1 is 1.11 bits per heavy atom. The van der Waals surface area contributed by atoms with Crippen molar-refractivity contribution in [3.8, 4) is 0 Å². The second kappa shape index (κ2) is 10.5. The zero-order valence-electron chi connectivity index (χ0n) is 20.6. The van der Waals surface area contributed by atoms with E-state index in [0.717, 1.165) is 4.90 Å². The number of imide groups is 1. The molecule has 0 aromatic heterocycles. The smallest absolute Gasteiger partial charge is 0.336 e. The number of allylic oxidation sites excluding steroid dienone is 1. The molecule has 0 fully saturated rings. The van der Waals surface area contributed by atoms with Crippen LogP contribution in [0.15, 0.2) is 58.7 Å². The quantitative estimate of drug-likeness (QED) is 0.224. The van der Waals surface area contributed by atoms with Gasteiger partial charge in [0.05, 0.1) is 35.3 Å². The van der Waals surface area contributed by atoms with Crippen molar-refractivity contribution >= 4 is 46.8 Å². The molecule has 0 spiro atoms. The topological polar surface area (TPSA) is 145 Å². The lowest BCUT2D eigenvalue weighted by Crippen LogP contribution is -2.37. The van der Waals surface area contributed by atoms with E-state index in [2.05, 4.69) is 4.99 Å². The number of fused-ring (bicyclic) bond motifs is 1. The van der Waals surface area contributed by atoms with Crippen molar-refractivity contribution in [3.05, 3.63) is 85.6 Å². The molecule has 38 heavy (non-hydrogen) atoms. The van der Waals surface area contributed by atoms with Crippen molar-refractivity contribution in [1.82, 2.24) is 4.90 Å². The molecule has 12 heteroatoms. The van der Waals surface area contributed by atoms with E-state index in [1.165, 1.54) is 32.2 Å². The molecule has 0 N–H and O–H groups in total. The van der Waals surface area contributed by atoms with Gasteiger partial charge < -0.3 is 9.47 Å². The van der Waals surface area contributed by atoms with Gasteiger partial charge in [0.2, 0.25) is 0 Å². The van der Waals surface area contributed by atoms with E-state index in [-0.39, 0.29) is 51.8 Å². The van der Waals surface area contributed by atoms with E-state index >= 15 is 0 Å². The molecule has 0 saturated carbocycles. The molecule has 0 saturated heterocycles. The van der Waals surface area contributed by atoms with Gasteiger partial charge in [-0.05, 0) is 37.6 Å². The number of amides is 2. The van der Waals surface area contributed by atoms with Crippen molar-refractivity contribution in [3.63, 3.8) is 0 Å². The summed E-state index contributed by atoms with van der Waals surface area (Å²) in [6.45, 7) is 2.58. The first-order valence-corrected chi connectivity index (χ1v) is 11.8. The van der Waals surface area contributed by atoms with Crippen molar-refractivity contribution in [2.45, 2.75) is 19.8 Å². The first-order valence-electron chi connectivity index (χ1n) is 11.5. The van der Waals surface area contributed by atoms with Crippen molar-refractivity contribution < 1.29 is 33.6 Å². The average molecular weight is 540 g/mol. The van der Waals surface area contributed by atoms with Crippen LogP contribution in [0.4, 0.5) is 5.69 Å². The number of halogens is 1. The number of hydrogen-bond acceptors (Lipinski definition) is 9. The summed E-state index contributed by atoms with van der Waals surface area (Å²) >= 11 is 6.41. The molecule has 0 bridgehead atoms. The van der Waals surface area contributed by atoms with Crippen molar-refractivity contribution in [2.75, 3.05) is 20.3 Å². The van der Waals surface area contributed by atoms with Crippen LogP contribution in [0.2, 0.25) is 5.02 Å². The molecule has 11 nitrogen and oxygen atoms in total. The summed E-state index contributed by atoms with van der Waals surface area (Å²) in [5.74, 6) is -4.80. The van der Waals surface area contributed by atoms with E-state index in [1.807, 2.05) is 0 Å². The van der Waals surface area contributed by atoms with Crippen LogP contribution in [-0.4, -0.2) is 59.5 Å². The fourth-order valence-corrected chi connectivity index (χ4v) is 4.94. The maximum atomic E-state index is 13.4. The highest BCUT2D eigenvalue weighted by molar-refractivity contribution is 6.31. The summed E-state index contributed by atoms with van der Waals surface area (Å²) < 4.78 is 10.4. The number of hydrogen-bond donors (Lipinski definition) is 0. The Balaban J connectivity index is 1.64. The third-order valence-corrected chi connectivity index (χ3v) is 6.80. The second-order valence-corrected chi connectivity index (χ2v) is 9.04. The molecule has 2 aromatic carbocycles. The summed E-state index contributed by atoms with van der Waals surface area (Å²) in [5.41, 5.74) is 0.893. The van der Waals surface area contributed by atoms with Gasteiger partial charge in [0.25, 0.3) is 17.5 Å². The number of non-ortho nitro benzene ring substituents is 1. The molecule has 2 amide bonds. The lowest BCUT2D eigenvalue weighted by Gasteiger charge is -2.31. The first kappa shape index (κ1) is 26.7. The fourth-order valence-electron chi connectivity index (χ4n) is 4.70. The Labute approximate surface area is 221 Å². The normalized spacial score (nSPS) is 18.7. The van der Waals surface area contributed by atoms with Gasteiger partial charge >= 0.3 is 11.9 Å². The van der Waals surface area contributed by atoms with Gasteiger partial charge in [-0.15, -0.1) is 0 Å². The Kier molecular flexibility index (Phi) is 7.40. The lowest BCUT2D eigenvalue weighted by atomic mass is 9.75. The monoisotopic (exact) mass is 539 g/mol. The highest BCUT2D eigenvalue weighted by atomic mass is 35.5. The summed E-state index contributed by atoms with van der Waals surface area (Å²) in [6, 6.07) is 10.1. The zero-order chi connectivity index (χ0) is 27.7. The molecule has 2 atom stereocenters. The van der Waals surface area contributed by atoms with Crippen LogP contribution in [0.5, 0.6) is 0 Å². The first-order chi connectivity index (χ1) is 18.1. The summed E-state index contributed by atoms with van der Waals surface area (Å²) in [6.07, 6.45) is 0. The van der Waals surface area contributed by atoms with Crippen molar-refractivity contribution in [1.29, 1.82) is 0 Å². The molecule has 2 aromatic rings. The van der Waals surface area contributed by atoms with Crippen LogP contribution in [0.3, 0.4) is 0 Å². The number of nitrogens with zero attached hydrogens (tertiary/aromatic N) is 3. The molecular formula is C26H22ClN3O8. The summed E-state index contributed by atoms with van der Waals surface area (Å²) in [4.78, 5) is 67.5. The molecule has 0 radical (unpaired) electrons. The Hall–Kier alpha value is -4.38. The van der Waals surface area contributed by atoms with Crippen LogP contribution in [-0.2, 0) is 19.1 Å². The highest BCUT2D eigenvalue weighted by Gasteiger charge is 2.44. The maximum absolute atomic E-state index is 13.4. The lowest BCUT2D eigenvalue weighted by molar-refractivity contribution is -0.384. The standard InChI is InChI=1S/C26H22ClN3O8/c1-13-20(25(33)37-3)22(18-12-15(30(35)36)8-9-19(18)27)21(14(2)28-13)26(34)38-11-10-29-23(31)16-6-4-5-7-17(16)24(29)32/h4-9,12,20,22H,10-11H2,1-3H3. The summed E-state index contributed by atoms with van der Waals surface area (Å²) in [5, 5.41) is 11.5. The van der Waals surface area contributed by atoms with Crippen LogP contribution >= 0.6 is 11.6 Å². The van der Waals surface area contributed by atoms with Crippen LogP contribution in [0.1, 0.15) is 46.0 Å². The molecule has 2 aliphatic heterocycles.